The molecule has 0 bridgehead atoms. The number of ketones is 4. The molecule has 0 fully saturated rings. The summed E-state index contributed by atoms with van der Waals surface area (Å²) >= 11 is 0.713. The van der Waals surface area contributed by atoms with Gasteiger partial charge in [0.1, 0.15) is 23.1 Å². The molecular weight excluding hydrogens is 606 g/mol. The molecule has 0 unspecified atom stereocenters. The monoisotopic (exact) mass is 656 g/mol. The van der Waals surface area contributed by atoms with Crippen molar-refractivity contribution in [3.63, 3.8) is 0 Å². The van der Waals surface area contributed by atoms with E-state index in [9.17, 15) is 58.8 Å². The molecule has 0 aromatic carbocycles. The van der Waals surface area contributed by atoms with Crippen LogP contribution in [0.15, 0.2) is 0 Å². The zero-order valence-corrected chi connectivity index (χ0v) is 30.0. The average Bonchev–Trinajstić information content (AvgIpc) is 2.78. The summed E-state index contributed by atoms with van der Waals surface area (Å²) < 4.78 is 1.92. The van der Waals surface area contributed by atoms with Crippen LogP contribution in [0.1, 0.15) is 132 Å². The molecule has 0 aromatic heterocycles. The molecule has 0 atom stereocenters. The van der Waals surface area contributed by atoms with Gasteiger partial charge in [0, 0.05) is 75.2 Å². The number of Topliss-reactive ketones (excluding diaryl/α,β-unsaturated/α-hetero) is 4. The molecular formula is C30H50Al2O12. The molecule has 0 amide bonds. The minimum atomic E-state index is -1.28. The van der Waals surface area contributed by atoms with E-state index in [1.807, 2.05) is 27.7 Å². The van der Waals surface area contributed by atoms with Crippen LogP contribution in [0.3, 0.4) is 0 Å². The van der Waals surface area contributed by atoms with Crippen LogP contribution < -0.4 is 20.4 Å². The summed E-state index contributed by atoms with van der Waals surface area (Å²) in [6, 6.07) is 0. The predicted octanol–water partition coefficient (Wildman–Crippen LogP) is -0.0512. The van der Waals surface area contributed by atoms with Crippen molar-refractivity contribution in [1.82, 2.24) is 0 Å². The SMILES string of the molecule is CCCC(=O)CC(=O)[O-].CCCC(=O)CC(=O)[O-].CCCC(=O)CC(=O)[O-].CCCC(=O)CC(=O)[O-].C[CH](C)[Al+][CH](C)C.[Al+3]. The third kappa shape index (κ3) is 67.4. The standard InChI is InChI=1S/4C6H10O3.2C3H7.2Al/c4*1-2-3-5(7)4-6(8)9;2*1-3-2;;/h4*2-4H2,1H3,(H,8,9);2*3H,1-2H3;;/q;;;;;;+1;+3/p-4. The van der Waals surface area contributed by atoms with Gasteiger partial charge in [0.15, 0.2) is 0 Å². The maximum atomic E-state index is 10.4. The molecule has 44 heavy (non-hydrogen) atoms. The minimum Gasteiger partial charge on any atom is 3.00 e. The van der Waals surface area contributed by atoms with Gasteiger partial charge >= 0.3 is 69.8 Å². The van der Waals surface area contributed by atoms with E-state index in [1.54, 1.807) is 0 Å². The summed E-state index contributed by atoms with van der Waals surface area (Å²) in [5, 5.41) is 39.0. The zero-order valence-electron chi connectivity index (χ0n) is 27.7. The number of aliphatic carboxylic acids is 4. The number of carbonyl (C=O) groups excluding carboxylic acids is 8. The summed E-state index contributed by atoms with van der Waals surface area (Å²) in [6.45, 7) is 16.5. The molecule has 12 nitrogen and oxygen atoms in total. The van der Waals surface area contributed by atoms with Crippen molar-refractivity contribution in [2.45, 2.75) is 142 Å². The number of hydrogen-bond donors (Lipinski definition) is 0. The molecule has 0 aliphatic heterocycles. The molecule has 0 heterocycles. The minimum absolute atomic E-state index is 0. The summed E-state index contributed by atoms with van der Waals surface area (Å²) in [6.07, 6.45) is 2.42. The molecule has 248 valence electrons. The maximum absolute atomic E-state index is 10.4. The van der Waals surface area contributed by atoms with Crippen LogP contribution in [0.5, 0.6) is 0 Å². The quantitative estimate of drug-likeness (QED) is 0.140. The van der Waals surface area contributed by atoms with E-state index in [4.69, 9.17) is 0 Å². The van der Waals surface area contributed by atoms with Gasteiger partial charge in [-0.25, -0.2) is 0 Å². The van der Waals surface area contributed by atoms with Gasteiger partial charge in [0.2, 0.25) is 0 Å². The van der Waals surface area contributed by atoms with Gasteiger partial charge in [-0.15, -0.1) is 0 Å². The maximum Gasteiger partial charge on any atom is 3.00 e. The van der Waals surface area contributed by atoms with Crippen LogP contribution >= 0.6 is 0 Å². The Kier molecular flexibility index (Phi) is 47.5. The van der Waals surface area contributed by atoms with Crippen molar-refractivity contribution >= 4 is 79.6 Å². The van der Waals surface area contributed by atoms with Crippen LogP contribution in [0, 0.1) is 0 Å². The van der Waals surface area contributed by atoms with Crippen molar-refractivity contribution in [2.24, 2.45) is 0 Å². The number of rotatable bonds is 18. The summed E-state index contributed by atoms with van der Waals surface area (Å²) in [5.41, 5.74) is 0. The Labute approximate surface area is 279 Å². The second kappa shape index (κ2) is 38.6. The van der Waals surface area contributed by atoms with Crippen molar-refractivity contribution in [3.05, 3.63) is 0 Å². The zero-order chi connectivity index (χ0) is 35.0. The molecule has 0 aliphatic carbocycles. The van der Waals surface area contributed by atoms with Gasteiger partial charge in [0.05, 0.1) is 0 Å². The molecule has 0 saturated heterocycles. The third-order valence-electron chi connectivity index (χ3n) is 4.25. The Morgan fingerprint density at radius 3 is 0.659 bits per heavy atom. The normalized spacial score (nSPS) is 8.95. The fourth-order valence-corrected chi connectivity index (χ4v) is 4.42. The van der Waals surface area contributed by atoms with Crippen LogP contribution in [-0.2, 0) is 38.4 Å². The molecule has 0 aromatic rings. The molecule has 0 N–H and O–H groups in total. The summed E-state index contributed by atoms with van der Waals surface area (Å²) in [5.74, 6) is -6.14. The molecule has 14 heteroatoms. The van der Waals surface area contributed by atoms with Crippen molar-refractivity contribution in [1.29, 1.82) is 0 Å². The van der Waals surface area contributed by atoms with Gasteiger partial charge in [-0.3, -0.25) is 19.2 Å². The van der Waals surface area contributed by atoms with Crippen LogP contribution in [-0.4, -0.2) is 79.6 Å². The Balaban J connectivity index is -0.000000102. The van der Waals surface area contributed by atoms with Crippen LogP contribution in [0.2, 0.25) is 9.56 Å². The van der Waals surface area contributed by atoms with Crippen molar-refractivity contribution < 1.29 is 58.8 Å². The Bertz CT molecular complexity index is 699. The van der Waals surface area contributed by atoms with Crippen molar-refractivity contribution in [2.75, 3.05) is 0 Å². The van der Waals surface area contributed by atoms with E-state index < -0.39 is 49.6 Å². The van der Waals surface area contributed by atoms with E-state index in [2.05, 4.69) is 27.7 Å². The fraction of sp³-hybridized carbons (Fsp3) is 0.733. The Morgan fingerprint density at radius 2 is 0.591 bits per heavy atom. The van der Waals surface area contributed by atoms with Crippen molar-refractivity contribution in [3.8, 4) is 0 Å². The predicted molar refractivity (Wildman–Crippen MR) is 160 cm³/mol. The first-order valence-corrected chi connectivity index (χ1v) is 15.8. The van der Waals surface area contributed by atoms with E-state index in [-0.39, 0.29) is 40.5 Å². The topological polar surface area (TPSA) is 229 Å². The van der Waals surface area contributed by atoms with Crippen LogP contribution in [0.25, 0.3) is 0 Å². The van der Waals surface area contributed by atoms with Gasteiger partial charge in [-0.2, -0.15) is 0 Å². The van der Waals surface area contributed by atoms with Gasteiger partial charge in [-0.05, 0) is 25.7 Å². The first-order valence-electron chi connectivity index (χ1n) is 14.5. The second-order valence-corrected chi connectivity index (χ2v) is 13.1. The van der Waals surface area contributed by atoms with Crippen LogP contribution in [0.4, 0.5) is 0 Å². The van der Waals surface area contributed by atoms with E-state index in [0.29, 0.717) is 66.6 Å². The Morgan fingerprint density at radius 1 is 0.432 bits per heavy atom. The number of carboxylic acids is 4. The molecule has 0 aliphatic rings. The summed E-state index contributed by atoms with van der Waals surface area (Å²) in [4.78, 5) is 80.7. The third-order valence-corrected chi connectivity index (χ3v) is 5.79. The number of carbonyl (C=O) groups is 8. The molecule has 0 saturated carbocycles. The van der Waals surface area contributed by atoms with Gasteiger partial charge in [-0.1, -0.05) is 27.7 Å². The smallest absolute Gasteiger partial charge is 3.00 e. The Hall–Kier alpha value is -2.38. The molecule has 0 radical (unpaired) electrons. The van der Waals surface area contributed by atoms with Gasteiger partial charge in [0.25, 0.3) is 0 Å². The summed E-state index contributed by atoms with van der Waals surface area (Å²) in [7, 11) is 0. The fourth-order valence-electron chi connectivity index (χ4n) is 2.88. The second-order valence-electron chi connectivity index (χ2n) is 10.0. The molecule has 0 spiro atoms. The first-order chi connectivity index (χ1) is 19.8. The van der Waals surface area contributed by atoms with E-state index in [1.165, 1.54) is 0 Å². The number of carboxylic acid groups (broad SMARTS) is 4. The van der Waals surface area contributed by atoms with E-state index in [0.717, 1.165) is 9.56 Å². The first kappa shape index (κ1) is 54.1. The molecule has 0 rings (SSSR count). The average molecular weight is 657 g/mol. The van der Waals surface area contributed by atoms with Gasteiger partial charge < -0.3 is 39.6 Å². The van der Waals surface area contributed by atoms with E-state index >= 15 is 0 Å². The largest absolute Gasteiger partial charge is 3.00 e. The number of hydrogen-bond acceptors (Lipinski definition) is 12.